The molecule has 0 aliphatic carbocycles. The summed E-state index contributed by atoms with van der Waals surface area (Å²) in [5, 5.41) is 22.0. The number of hydrogen-bond acceptors (Lipinski definition) is 3. The van der Waals surface area contributed by atoms with Crippen molar-refractivity contribution in [2.45, 2.75) is 153 Å². The molecular weight excluding hydrogens is 881 g/mol. The minimum absolute atomic E-state index is 0.120. The molecule has 1 aliphatic heterocycles. The van der Waals surface area contributed by atoms with E-state index in [4.69, 9.17) is 4.42 Å². The zero-order chi connectivity index (χ0) is 51.8. The fourth-order valence-corrected chi connectivity index (χ4v) is 11.8. The van der Waals surface area contributed by atoms with Gasteiger partial charge in [-0.05, 0) is 120 Å². The van der Waals surface area contributed by atoms with E-state index in [2.05, 4.69) is 202 Å². The smallest absolute Gasteiger partial charge is 0.298 e. The topological polar surface area (TPSA) is 78.3 Å². The summed E-state index contributed by atoms with van der Waals surface area (Å²) in [6, 6.07) is 33.5. The number of aromatic nitrogens is 4. The van der Waals surface area contributed by atoms with Crippen LogP contribution < -0.4 is 9.13 Å². The van der Waals surface area contributed by atoms with Gasteiger partial charge in [-0.1, -0.05) is 106 Å². The van der Waals surface area contributed by atoms with Crippen LogP contribution in [0.3, 0.4) is 0 Å². The Hall–Kier alpha value is -7.22. The molecule has 9 rings (SSSR count). The fourth-order valence-electron chi connectivity index (χ4n) is 11.8. The van der Waals surface area contributed by atoms with Gasteiger partial charge in [-0.2, -0.15) is 28.8 Å². The van der Waals surface area contributed by atoms with E-state index in [0.29, 0.717) is 11.1 Å². The standard InChI is InChI=1S/C65H72N6O/c1-17-21-57-50(19-3)60-58(72-57)33-55(38(8)9)62(59(60)39(10)11)69-42(14)44(16)70(63(69)51-26-24-46(34-66)28-40(51)12)65-56-30-47(35-67)25-27-52(56)64-68(41(13)43(15)71(64)65)61-53(36(4)5)31-49(32-54(61)37(6)7)48-23-20-22-45(18-2)29-48/h19-20,22-33,36-39,65H,3,17-18,21H2,1-2,4-16H3/q+2/t65-/m0/s1. The quantitative estimate of drug-likeness (QED) is 0.108. The van der Waals surface area contributed by atoms with Gasteiger partial charge in [0.25, 0.3) is 17.8 Å². The number of rotatable bonds is 13. The van der Waals surface area contributed by atoms with Crippen LogP contribution >= 0.6 is 0 Å². The zero-order valence-electron chi connectivity index (χ0n) is 45.4. The van der Waals surface area contributed by atoms with Crippen LogP contribution in [-0.4, -0.2) is 9.13 Å². The van der Waals surface area contributed by atoms with Gasteiger partial charge < -0.3 is 4.42 Å². The molecule has 3 aromatic heterocycles. The zero-order valence-corrected chi connectivity index (χ0v) is 45.4. The third kappa shape index (κ3) is 7.75. The number of aryl methyl sites for hydroxylation is 3. The Bertz CT molecular complexity index is 3560. The van der Waals surface area contributed by atoms with Crippen molar-refractivity contribution in [3.8, 4) is 57.4 Å². The van der Waals surface area contributed by atoms with Crippen LogP contribution in [0.2, 0.25) is 0 Å². The predicted molar refractivity (Wildman–Crippen MR) is 294 cm³/mol. The molecule has 0 bridgehead atoms. The molecule has 7 heteroatoms. The number of benzene rings is 5. The van der Waals surface area contributed by atoms with E-state index in [1.54, 1.807) is 0 Å². The van der Waals surface area contributed by atoms with Crippen LogP contribution in [-0.2, 0) is 12.8 Å². The Morgan fingerprint density at radius 1 is 0.653 bits per heavy atom. The molecule has 0 saturated carbocycles. The Morgan fingerprint density at radius 2 is 1.21 bits per heavy atom. The molecule has 4 heterocycles. The van der Waals surface area contributed by atoms with E-state index < -0.39 is 0 Å². The molecule has 0 N–H and O–H groups in total. The van der Waals surface area contributed by atoms with Gasteiger partial charge >= 0.3 is 0 Å². The second kappa shape index (κ2) is 19.1. The first kappa shape index (κ1) is 49.7. The van der Waals surface area contributed by atoms with Gasteiger partial charge in [-0.3, -0.25) is 0 Å². The lowest BCUT2D eigenvalue weighted by atomic mass is 9.87. The second-order valence-electron chi connectivity index (χ2n) is 21.5. The minimum Gasteiger partial charge on any atom is -0.460 e. The third-order valence-electron chi connectivity index (χ3n) is 15.6. The van der Waals surface area contributed by atoms with Crippen molar-refractivity contribution in [1.82, 2.24) is 9.13 Å². The van der Waals surface area contributed by atoms with Crippen LogP contribution in [0, 0.1) is 57.3 Å². The molecule has 0 radical (unpaired) electrons. The van der Waals surface area contributed by atoms with Gasteiger partial charge in [-0.15, -0.1) is 0 Å². The van der Waals surface area contributed by atoms with Crippen molar-refractivity contribution in [2.24, 2.45) is 0 Å². The molecule has 366 valence electrons. The van der Waals surface area contributed by atoms with Crippen molar-refractivity contribution in [3.63, 3.8) is 0 Å². The van der Waals surface area contributed by atoms with E-state index >= 15 is 0 Å². The molecule has 0 amide bonds. The first-order valence-corrected chi connectivity index (χ1v) is 26.3. The maximum atomic E-state index is 10.7. The van der Waals surface area contributed by atoms with Crippen molar-refractivity contribution in [2.75, 3.05) is 0 Å². The Labute approximate surface area is 428 Å². The maximum Gasteiger partial charge on any atom is 0.298 e. The van der Waals surface area contributed by atoms with Crippen LogP contribution in [0.1, 0.15) is 190 Å². The summed E-state index contributed by atoms with van der Waals surface area (Å²) < 4.78 is 17.0. The molecule has 0 unspecified atom stereocenters. The highest BCUT2D eigenvalue weighted by molar-refractivity contribution is 5.95. The first-order chi connectivity index (χ1) is 34.4. The summed E-state index contributed by atoms with van der Waals surface area (Å²) in [5.74, 6) is 3.82. The summed E-state index contributed by atoms with van der Waals surface area (Å²) in [7, 11) is 0. The third-order valence-corrected chi connectivity index (χ3v) is 15.6. The van der Waals surface area contributed by atoms with Crippen molar-refractivity contribution in [1.29, 1.82) is 10.5 Å². The van der Waals surface area contributed by atoms with Crippen LogP contribution in [0.15, 0.2) is 89.9 Å². The molecule has 1 aliphatic rings. The maximum absolute atomic E-state index is 10.7. The summed E-state index contributed by atoms with van der Waals surface area (Å²) in [5.41, 5.74) is 23.2. The number of fused-ring (bicyclic) bond motifs is 4. The fraction of sp³-hybridized carbons (Fsp3) is 0.354. The lowest BCUT2D eigenvalue weighted by Crippen LogP contribution is -2.58. The Kier molecular flexibility index (Phi) is 13.2. The van der Waals surface area contributed by atoms with E-state index in [-0.39, 0.29) is 29.8 Å². The largest absolute Gasteiger partial charge is 0.460 e. The summed E-state index contributed by atoms with van der Waals surface area (Å²) in [4.78, 5) is 0. The van der Waals surface area contributed by atoms with E-state index in [1.807, 2.05) is 24.3 Å². The lowest BCUT2D eigenvalue weighted by molar-refractivity contribution is -0.924. The molecule has 0 spiro atoms. The molecule has 7 nitrogen and oxygen atoms in total. The van der Waals surface area contributed by atoms with Gasteiger partial charge in [0, 0.05) is 67.3 Å². The minimum atomic E-state index is -0.378. The number of imidazole rings is 2. The van der Waals surface area contributed by atoms with Crippen molar-refractivity contribution >= 4 is 17.0 Å². The van der Waals surface area contributed by atoms with E-state index in [0.717, 1.165) is 98.2 Å². The molecule has 1 atom stereocenters. The molecule has 8 aromatic rings. The van der Waals surface area contributed by atoms with Gasteiger partial charge in [0.2, 0.25) is 0 Å². The SMILES string of the molecule is C=Cc1c(CCC)oc2cc(C(C)C)c(-n3c(C)c(C)[n+]([C@@H]4c5cc(C#N)ccc5-c5n(-c6c(C(C)C)cc(-c7cccc(CC)c7)cc6C(C)C)c(C)c(C)[n+]54)c3-c3ccc(C#N)cc3C)c(C(C)C)c12. The predicted octanol–water partition coefficient (Wildman–Crippen LogP) is 15.9. The number of hydrogen-bond donors (Lipinski definition) is 0. The normalized spacial score (nSPS) is 13.2. The number of nitriles is 2. The van der Waals surface area contributed by atoms with Gasteiger partial charge in [0.15, 0.2) is 0 Å². The summed E-state index contributed by atoms with van der Waals surface area (Å²) >= 11 is 0. The van der Waals surface area contributed by atoms with E-state index in [1.165, 1.54) is 50.3 Å². The van der Waals surface area contributed by atoms with Crippen molar-refractivity contribution < 1.29 is 13.6 Å². The Balaban J connectivity index is 1.45. The molecule has 0 saturated heterocycles. The molecule has 0 fully saturated rings. The molecular formula is C65H72N6O+2. The van der Waals surface area contributed by atoms with Crippen LogP contribution in [0.5, 0.6) is 0 Å². The van der Waals surface area contributed by atoms with Gasteiger partial charge in [0.1, 0.15) is 45.5 Å². The van der Waals surface area contributed by atoms with Gasteiger partial charge in [-0.25, -0.2) is 0 Å². The van der Waals surface area contributed by atoms with Gasteiger partial charge in [0.05, 0.1) is 40.0 Å². The highest BCUT2D eigenvalue weighted by atomic mass is 16.3. The molecule has 72 heavy (non-hydrogen) atoms. The lowest BCUT2D eigenvalue weighted by Gasteiger charge is -2.21. The van der Waals surface area contributed by atoms with Crippen molar-refractivity contribution in [3.05, 3.63) is 170 Å². The highest BCUT2D eigenvalue weighted by Gasteiger charge is 2.50. The average Bonchev–Trinajstić information content (AvgIpc) is 4.04. The Morgan fingerprint density at radius 3 is 1.74 bits per heavy atom. The first-order valence-electron chi connectivity index (χ1n) is 26.3. The number of nitrogens with zero attached hydrogens (tertiary/aromatic N) is 6. The van der Waals surface area contributed by atoms with Crippen LogP contribution in [0.4, 0.5) is 0 Å². The van der Waals surface area contributed by atoms with Crippen LogP contribution in [0.25, 0.3) is 62.3 Å². The summed E-state index contributed by atoms with van der Waals surface area (Å²) in [6.45, 7) is 38.4. The highest BCUT2D eigenvalue weighted by Crippen LogP contribution is 2.47. The molecule has 5 aromatic carbocycles. The van der Waals surface area contributed by atoms with E-state index in [9.17, 15) is 10.5 Å². The second-order valence-corrected chi connectivity index (χ2v) is 21.5. The monoisotopic (exact) mass is 953 g/mol. The average molecular weight is 953 g/mol. The number of furan rings is 1. The summed E-state index contributed by atoms with van der Waals surface area (Å²) in [6.07, 6.45) is 4.39.